The number of benzene rings is 2. The summed E-state index contributed by atoms with van der Waals surface area (Å²) in [5.41, 5.74) is 1.88. The number of sulfonamides is 1. The molecule has 0 N–H and O–H groups in total. The van der Waals surface area contributed by atoms with E-state index in [-0.39, 0.29) is 6.04 Å². The largest absolute Gasteiger partial charge is 0.264 e. The molecule has 2 aromatic rings. The Bertz CT molecular complexity index is 741. The summed E-state index contributed by atoms with van der Waals surface area (Å²) in [6.45, 7) is 1.94. The van der Waals surface area contributed by atoms with Crippen LogP contribution in [0.1, 0.15) is 12.5 Å². The van der Waals surface area contributed by atoms with Gasteiger partial charge in [0.05, 0.1) is 10.6 Å². The van der Waals surface area contributed by atoms with Crippen molar-refractivity contribution in [3.8, 4) is 0 Å². The number of halogens is 1. The van der Waals surface area contributed by atoms with Gasteiger partial charge in [0.1, 0.15) is 0 Å². The van der Waals surface area contributed by atoms with Crippen LogP contribution in [0.25, 0.3) is 0 Å². The molecular formula is C15H14BrNO2S. The van der Waals surface area contributed by atoms with Crippen molar-refractivity contribution in [1.82, 2.24) is 0 Å². The van der Waals surface area contributed by atoms with E-state index < -0.39 is 10.0 Å². The Labute approximate surface area is 127 Å². The molecule has 1 heterocycles. The summed E-state index contributed by atoms with van der Waals surface area (Å²) in [7, 11) is -3.51. The van der Waals surface area contributed by atoms with Crippen molar-refractivity contribution < 1.29 is 8.42 Å². The standard InChI is InChI=1S/C15H14BrNO2S/c1-11-10-12-4-2-3-5-15(12)17(11)20(18,19)14-8-6-13(16)7-9-14/h2-9,11H,10H2,1H3. The van der Waals surface area contributed by atoms with Crippen LogP contribution in [0.2, 0.25) is 0 Å². The smallest absolute Gasteiger partial charge is 0.263 e. The van der Waals surface area contributed by atoms with E-state index in [0.717, 1.165) is 22.1 Å². The van der Waals surface area contributed by atoms with Gasteiger partial charge in [-0.05, 0) is 49.2 Å². The summed E-state index contributed by atoms with van der Waals surface area (Å²) in [5.74, 6) is 0. The summed E-state index contributed by atoms with van der Waals surface area (Å²) >= 11 is 3.32. The van der Waals surface area contributed by atoms with Gasteiger partial charge in [-0.25, -0.2) is 8.42 Å². The minimum atomic E-state index is -3.51. The molecule has 5 heteroatoms. The third-order valence-corrected chi connectivity index (χ3v) is 5.99. The third kappa shape index (κ3) is 2.15. The Kier molecular flexibility index (Phi) is 3.34. The van der Waals surface area contributed by atoms with Gasteiger partial charge < -0.3 is 0 Å². The first-order chi connectivity index (χ1) is 9.50. The Morgan fingerprint density at radius 1 is 1.10 bits per heavy atom. The molecule has 0 bridgehead atoms. The average molecular weight is 352 g/mol. The van der Waals surface area contributed by atoms with Crippen molar-refractivity contribution >= 4 is 31.6 Å². The van der Waals surface area contributed by atoms with Crippen LogP contribution >= 0.6 is 15.9 Å². The maximum atomic E-state index is 12.8. The average Bonchev–Trinajstić information content (AvgIpc) is 2.75. The van der Waals surface area contributed by atoms with Gasteiger partial charge in [-0.15, -0.1) is 0 Å². The Morgan fingerprint density at radius 3 is 2.45 bits per heavy atom. The number of fused-ring (bicyclic) bond motifs is 1. The lowest BCUT2D eigenvalue weighted by Crippen LogP contribution is -2.35. The summed E-state index contributed by atoms with van der Waals surface area (Å²) in [6, 6.07) is 14.4. The zero-order valence-corrected chi connectivity index (χ0v) is 13.4. The highest BCUT2D eigenvalue weighted by atomic mass is 79.9. The first kappa shape index (κ1) is 13.6. The topological polar surface area (TPSA) is 37.4 Å². The zero-order chi connectivity index (χ0) is 14.3. The van der Waals surface area contributed by atoms with Crippen LogP contribution < -0.4 is 4.31 Å². The third-order valence-electron chi connectivity index (χ3n) is 3.52. The first-order valence-corrected chi connectivity index (χ1v) is 8.61. The van der Waals surface area contributed by atoms with Crippen LogP contribution in [-0.4, -0.2) is 14.5 Å². The molecule has 3 rings (SSSR count). The van der Waals surface area contributed by atoms with Crippen LogP contribution in [0.15, 0.2) is 57.9 Å². The second-order valence-corrected chi connectivity index (χ2v) is 7.67. The van der Waals surface area contributed by atoms with E-state index in [4.69, 9.17) is 0 Å². The highest BCUT2D eigenvalue weighted by Crippen LogP contribution is 2.36. The summed E-state index contributed by atoms with van der Waals surface area (Å²) in [6.07, 6.45) is 0.756. The monoisotopic (exact) mass is 351 g/mol. The van der Waals surface area contributed by atoms with Crippen molar-refractivity contribution in [3.05, 3.63) is 58.6 Å². The lowest BCUT2D eigenvalue weighted by Gasteiger charge is -2.24. The summed E-state index contributed by atoms with van der Waals surface area (Å²) in [5, 5.41) is 0. The summed E-state index contributed by atoms with van der Waals surface area (Å²) < 4.78 is 28.1. The molecular weight excluding hydrogens is 338 g/mol. The number of anilines is 1. The van der Waals surface area contributed by atoms with Gasteiger partial charge in [0.2, 0.25) is 0 Å². The van der Waals surface area contributed by atoms with E-state index in [0.29, 0.717) is 4.90 Å². The van der Waals surface area contributed by atoms with E-state index in [1.165, 1.54) is 4.31 Å². The fraction of sp³-hybridized carbons (Fsp3) is 0.200. The van der Waals surface area contributed by atoms with Crippen LogP contribution in [0.4, 0.5) is 5.69 Å². The van der Waals surface area contributed by atoms with E-state index in [2.05, 4.69) is 15.9 Å². The summed E-state index contributed by atoms with van der Waals surface area (Å²) in [4.78, 5) is 0.323. The van der Waals surface area contributed by atoms with Gasteiger partial charge in [-0.2, -0.15) is 0 Å². The van der Waals surface area contributed by atoms with Crippen molar-refractivity contribution in [2.75, 3.05) is 4.31 Å². The van der Waals surface area contributed by atoms with E-state index in [1.54, 1.807) is 24.3 Å². The Balaban J connectivity index is 2.10. The predicted molar refractivity (Wildman–Crippen MR) is 83.4 cm³/mol. The maximum absolute atomic E-state index is 12.8. The fourth-order valence-corrected chi connectivity index (χ4v) is 4.58. The number of hydrogen-bond donors (Lipinski definition) is 0. The Hall–Kier alpha value is -1.33. The molecule has 1 unspecified atom stereocenters. The molecule has 3 nitrogen and oxygen atoms in total. The molecule has 0 aliphatic carbocycles. The molecule has 0 saturated heterocycles. The van der Waals surface area contributed by atoms with E-state index in [9.17, 15) is 8.42 Å². The lowest BCUT2D eigenvalue weighted by molar-refractivity contribution is 0.584. The molecule has 1 aliphatic rings. The quantitative estimate of drug-likeness (QED) is 0.828. The highest BCUT2D eigenvalue weighted by molar-refractivity contribution is 9.10. The number of rotatable bonds is 2. The number of hydrogen-bond acceptors (Lipinski definition) is 2. The van der Waals surface area contributed by atoms with Gasteiger partial charge >= 0.3 is 0 Å². The molecule has 0 aromatic heterocycles. The number of nitrogens with zero attached hydrogens (tertiary/aromatic N) is 1. The molecule has 1 atom stereocenters. The van der Waals surface area contributed by atoms with Crippen LogP contribution in [0.3, 0.4) is 0 Å². The predicted octanol–water partition coefficient (Wildman–Crippen LogP) is 3.59. The van der Waals surface area contributed by atoms with Gasteiger partial charge in [0.15, 0.2) is 0 Å². The maximum Gasteiger partial charge on any atom is 0.264 e. The van der Waals surface area contributed by atoms with Gasteiger partial charge in [0.25, 0.3) is 10.0 Å². The molecule has 0 spiro atoms. The minimum absolute atomic E-state index is 0.0546. The molecule has 0 radical (unpaired) electrons. The van der Waals surface area contributed by atoms with Gasteiger partial charge in [0, 0.05) is 10.5 Å². The Morgan fingerprint density at radius 2 is 1.75 bits per heavy atom. The second-order valence-electron chi connectivity index (χ2n) is 4.94. The highest BCUT2D eigenvalue weighted by Gasteiger charge is 2.35. The van der Waals surface area contributed by atoms with Crippen molar-refractivity contribution in [2.24, 2.45) is 0 Å². The lowest BCUT2D eigenvalue weighted by atomic mass is 10.1. The molecule has 0 amide bonds. The zero-order valence-electron chi connectivity index (χ0n) is 11.0. The molecule has 2 aromatic carbocycles. The van der Waals surface area contributed by atoms with Gasteiger partial charge in [-0.3, -0.25) is 4.31 Å². The normalized spacial score (nSPS) is 18.1. The van der Waals surface area contributed by atoms with Crippen LogP contribution in [0.5, 0.6) is 0 Å². The van der Waals surface area contributed by atoms with E-state index in [1.807, 2.05) is 31.2 Å². The number of para-hydroxylation sites is 1. The minimum Gasteiger partial charge on any atom is -0.263 e. The SMILES string of the molecule is CC1Cc2ccccc2N1S(=O)(=O)c1ccc(Br)cc1. The molecule has 0 fully saturated rings. The van der Waals surface area contributed by atoms with Crippen LogP contribution in [-0.2, 0) is 16.4 Å². The fourth-order valence-electron chi connectivity index (χ4n) is 2.62. The molecule has 0 saturated carbocycles. The molecule has 104 valence electrons. The first-order valence-electron chi connectivity index (χ1n) is 6.38. The van der Waals surface area contributed by atoms with Crippen molar-refractivity contribution in [2.45, 2.75) is 24.3 Å². The van der Waals surface area contributed by atoms with Gasteiger partial charge in [-0.1, -0.05) is 34.1 Å². The van der Waals surface area contributed by atoms with E-state index >= 15 is 0 Å². The second kappa shape index (κ2) is 4.90. The molecule has 1 aliphatic heterocycles. The van der Waals surface area contributed by atoms with Crippen LogP contribution in [0, 0.1) is 0 Å². The van der Waals surface area contributed by atoms with Crippen molar-refractivity contribution in [3.63, 3.8) is 0 Å². The van der Waals surface area contributed by atoms with Crippen molar-refractivity contribution in [1.29, 1.82) is 0 Å². The molecule has 20 heavy (non-hydrogen) atoms.